The lowest BCUT2D eigenvalue weighted by atomic mass is 10.2. The van der Waals surface area contributed by atoms with Gasteiger partial charge in [0.25, 0.3) is 0 Å². The standard InChI is InChI=1S/C9H15N3O6/c1-4(2-6(10)13)11-9(18)12-5(8(16)17)3-7(14)15/h4-5H,2-3H2,1H3,(H2,10,13)(H,14,15)(H,16,17)(H2,11,12,18). The number of nitrogens with one attached hydrogen (secondary N) is 2. The van der Waals surface area contributed by atoms with Gasteiger partial charge in [-0.05, 0) is 6.92 Å². The predicted octanol–water partition coefficient (Wildman–Crippen LogP) is -1.52. The summed E-state index contributed by atoms with van der Waals surface area (Å²) in [5.74, 6) is -3.44. The molecule has 0 saturated heterocycles. The molecule has 0 aliphatic heterocycles. The van der Waals surface area contributed by atoms with E-state index in [1.807, 2.05) is 5.32 Å². The summed E-state index contributed by atoms with van der Waals surface area (Å²) in [6, 6.07) is -3.00. The second-order valence-electron chi connectivity index (χ2n) is 3.68. The molecule has 2 unspecified atom stereocenters. The SMILES string of the molecule is CC(CC(N)=O)NC(=O)NC(CC(=O)O)C(=O)O. The first-order valence-corrected chi connectivity index (χ1v) is 5.02. The number of carbonyl (C=O) groups excluding carboxylic acids is 2. The van der Waals surface area contributed by atoms with E-state index in [9.17, 15) is 19.2 Å². The molecule has 102 valence electrons. The van der Waals surface area contributed by atoms with Crippen molar-refractivity contribution in [2.45, 2.75) is 31.8 Å². The Bertz CT molecular complexity index is 356. The lowest BCUT2D eigenvalue weighted by molar-refractivity contribution is -0.145. The van der Waals surface area contributed by atoms with Crippen LogP contribution in [0, 0.1) is 0 Å². The van der Waals surface area contributed by atoms with Crippen LogP contribution in [0.25, 0.3) is 0 Å². The topological polar surface area (TPSA) is 159 Å². The van der Waals surface area contributed by atoms with Crippen LogP contribution in [-0.2, 0) is 14.4 Å². The van der Waals surface area contributed by atoms with Gasteiger partial charge in [-0.1, -0.05) is 0 Å². The second-order valence-corrected chi connectivity index (χ2v) is 3.68. The highest BCUT2D eigenvalue weighted by atomic mass is 16.4. The summed E-state index contributed by atoms with van der Waals surface area (Å²) in [5.41, 5.74) is 4.90. The van der Waals surface area contributed by atoms with Gasteiger partial charge in [-0.25, -0.2) is 9.59 Å². The summed E-state index contributed by atoms with van der Waals surface area (Å²) >= 11 is 0. The van der Waals surface area contributed by atoms with Crippen molar-refractivity contribution in [3.8, 4) is 0 Å². The number of hydrogen-bond acceptors (Lipinski definition) is 4. The smallest absolute Gasteiger partial charge is 0.326 e. The van der Waals surface area contributed by atoms with Gasteiger partial charge >= 0.3 is 18.0 Å². The lowest BCUT2D eigenvalue weighted by Crippen LogP contribution is -2.49. The van der Waals surface area contributed by atoms with Crippen molar-refractivity contribution >= 4 is 23.9 Å². The molecule has 0 radical (unpaired) electrons. The molecule has 0 aliphatic carbocycles. The summed E-state index contributed by atoms with van der Waals surface area (Å²) in [4.78, 5) is 42.9. The number of nitrogens with two attached hydrogens (primary N) is 1. The molecule has 0 rings (SSSR count). The van der Waals surface area contributed by atoms with E-state index in [1.165, 1.54) is 6.92 Å². The van der Waals surface area contributed by atoms with Gasteiger partial charge in [0.15, 0.2) is 0 Å². The number of urea groups is 1. The Hall–Kier alpha value is -2.32. The fraction of sp³-hybridized carbons (Fsp3) is 0.556. The van der Waals surface area contributed by atoms with E-state index in [1.54, 1.807) is 0 Å². The molecule has 0 aromatic carbocycles. The molecule has 6 N–H and O–H groups in total. The zero-order valence-electron chi connectivity index (χ0n) is 9.67. The number of primary amides is 1. The quantitative estimate of drug-likeness (QED) is 0.374. The van der Waals surface area contributed by atoms with Gasteiger partial charge in [0.05, 0.1) is 6.42 Å². The molecule has 2 atom stereocenters. The molecular weight excluding hydrogens is 246 g/mol. The Morgan fingerprint density at radius 2 is 1.67 bits per heavy atom. The normalized spacial score (nSPS) is 13.2. The Morgan fingerprint density at radius 3 is 2.06 bits per heavy atom. The second kappa shape index (κ2) is 7.09. The van der Waals surface area contributed by atoms with Crippen molar-refractivity contribution in [2.75, 3.05) is 0 Å². The van der Waals surface area contributed by atoms with Crippen LogP contribution in [0.2, 0.25) is 0 Å². The van der Waals surface area contributed by atoms with E-state index in [-0.39, 0.29) is 6.42 Å². The van der Waals surface area contributed by atoms with Crippen LogP contribution in [0.1, 0.15) is 19.8 Å². The predicted molar refractivity (Wildman–Crippen MR) is 58.6 cm³/mol. The molecular formula is C9H15N3O6. The summed E-state index contributed by atoms with van der Waals surface area (Å²) in [6.07, 6.45) is -0.850. The molecule has 9 nitrogen and oxygen atoms in total. The first-order chi connectivity index (χ1) is 8.22. The molecule has 0 heterocycles. The van der Waals surface area contributed by atoms with Crippen molar-refractivity contribution in [2.24, 2.45) is 5.73 Å². The van der Waals surface area contributed by atoms with Crippen molar-refractivity contribution < 1.29 is 29.4 Å². The zero-order chi connectivity index (χ0) is 14.3. The fourth-order valence-electron chi connectivity index (χ4n) is 1.15. The first-order valence-electron chi connectivity index (χ1n) is 5.02. The summed E-state index contributed by atoms with van der Waals surface area (Å²) in [7, 11) is 0. The van der Waals surface area contributed by atoms with E-state index in [0.29, 0.717) is 0 Å². The lowest BCUT2D eigenvalue weighted by Gasteiger charge is -2.16. The van der Waals surface area contributed by atoms with E-state index in [2.05, 4.69) is 5.32 Å². The van der Waals surface area contributed by atoms with E-state index >= 15 is 0 Å². The van der Waals surface area contributed by atoms with Crippen LogP contribution in [-0.4, -0.2) is 46.2 Å². The number of carbonyl (C=O) groups is 4. The van der Waals surface area contributed by atoms with Gasteiger partial charge in [-0.15, -0.1) is 0 Å². The van der Waals surface area contributed by atoms with E-state index in [4.69, 9.17) is 15.9 Å². The average molecular weight is 261 g/mol. The number of hydrogen-bond donors (Lipinski definition) is 5. The monoisotopic (exact) mass is 261 g/mol. The maximum atomic E-state index is 11.3. The van der Waals surface area contributed by atoms with Crippen molar-refractivity contribution in [3.63, 3.8) is 0 Å². The van der Waals surface area contributed by atoms with Crippen molar-refractivity contribution in [3.05, 3.63) is 0 Å². The molecule has 3 amide bonds. The maximum Gasteiger partial charge on any atom is 0.326 e. The van der Waals surface area contributed by atoms with Crippen LogP contribution >= 0.6 is 0 Å². The molecule has 0 aromatic heterocycles. The first kappa shape index (κ1) is 15.7. The number of rotatable bonds is 7. The van der Waals surface area contributed by atoms with Gasteiger partial charge in [0.1, 0.15) is 6.04 Å². The highest BCUT2D eigenvalue weighted by Gasteiger charge is 2.23. The van der Waals surface area contributed by atoms with Crippen LogP contribution < -0.4 is 16.4 Å². The molecule has 0 fully saturated rings. The van der Waals surface area contributed by atoms with Gasteiger partial charge in [-0.3, -0.25) is 9.59 Å². The molecule has 18 heavy (non-hydrogen) atoms. The van der Waals surface area contributed by atoms with Crippen LogP contribution in [0.5, 0.6) is 0 Å². The van der Waals surface area contributed by atoms with Gasteiger partial charge < -0.3 is 26.6 Å². The summed E-state index contributed by atoms with van der Waals surface area (Å²) in [5, 5.41) is 21.4. The van der Waals surface area contributed by atoms with Gasteiger partial charge in [-0.2, -0.15) is 0 Å². The van der Waals surface area contributed by atoms with Crippen LogP contribution in [0.3, 0.4) is 0 Å². The van der Waals surface area contributed by atoms with Gasteiger partial charge in [0, 0.05) is 12.5 Å². The molecule has 0 saturated carbocycles. The number of carboxylic acid groups (broad SMARTS) is 2. The Kier molecular flexibility index (Phi) is 6.18. The molecule has 9 heteroatoms. The summed E-state index contributed by atoms with van der Waals surface area (Å²) < 4.78 is 0. The highest BCUT2D eigenvalue weighted by molar-refractivity contribution is 5.86. The molecule has 0 bridgehead atoms. The minimum absolute atomic E-state index is 0.107. The third-order valence-electron chi connectivity index (χ3n) is 1.87. The van der Waals surface area contributed by atoms with Crippen LogP contribution in [0.15, 0.2) is 0 Å². The third-order valence-corrected chi connectivity index (χ3v) is 1.87. The van der Waals surface area contributed by atoms with E-state index in [0.717, 1.165) is 0 Å². The fourth-order valence-corrected chi connectivity index (χ4v) is 1.15. The Morgan fingerprint density at radius 1 is 1.11 bits per heavy atom. The Labute approximate surface area is 102 Å². The highest BCUT2D eigenvalue weighted by Crippen LogP contribution is 1.94. The average Bonchev–Trinajstić information content (AvgIpc) is 2.13. The minimum atomic E-state index is -1.54. The minimum Gasteiger partial charge on any atom is -0.481 e. The van der Waals surface area contributed by atoms with E-state index < -0.39 is 42.4 Å². The number of carboxylic acids is 2. The van der Waals surface area contributed by atoms with Gasteiger partial charge in [0.2, 0.25) is 5.91 Å². The zero-order valence-corrected chi connectivity index (χ0v) is 9.67. The number of amides is 3. The third kappa shape index (κ3) is 7.04. The van der Waals surface area contributed by atoms with Crippen molar-refractivity contribution in [1.29, 1.82) is 0 Å². The molecule has 0 aromatic rings. The Balaban J connectivity index is 4.29. The number of aliphatic carboxylic acids is 2. The van der Waals surface area contributed by atoms with Crippen LogP contribution in [0.4, 0.5) is 4.79 Å². The maximum absolute atomic E-state index is 11.3. The largest absolute Gasteiger partial charge is 0.481 e. The summed E-state index contributed by atoms with van der Waals surface area (Å²) in [6.45, 7) is 1.50. The van der Waals surface area contributed by atoms with Crippen molar-refractivity contribution in [1.82, 2.24) is 10.6 Å². The molecule has 0 spiro atoms. The molecule has 0 aliphatic rings.